The summed E-state index contributed by atoms with van der Waals surface area (Å²) in [6, 6.07) is 2.60. The van der Waals surface area contributed by atoms with E-state index in [0.717, 1.165) is 25.7 Å². The van der Waals surface area contributed by atoms with E-state index in [0.29, 0.717) is 17.0 Å². The minimum absolute atomic E-state index is 0.206. The molecule has 0 unspecified atom stereocenters. The van der Waals surface area contributed by atoms with Crippen molar-refractivity contribution in [2.24, 2.45) is 0 Å². The highest BCUT2D eigenvalue weighted by atomic mass is 35.5. The molecule has 19 heavy (non-hydrogen) atoms. The first-order chi connectivity index (χ1) is 8.97. The van der Waals surface area contributed by atoms with Gasteiger partial charge in [-0.2, -0.15) is 0 Å². The molecule has 1 aromatic carbocycles. The number of carboxylic acid groups (broad SMARTS) is 2. The van der Waals surface area contributed by atoms with Gasteiger partial charge in [-0.15, -0.1) is 0 Å². The topological polar surface area (TPSA) is 74.6 Å². The van der Waals surface area contributed by atoms with Gasteiger partial charge in [0.2, 0.25) is 0 Å². The molecule has 0 heterocycles. The van der Waals surface area contributed by atoms with Crippen molar-refractivity contribution in [1.82, 2.24) is 0 Å². The lowest BCUT2D eigenvalue weighted by Gasteiger charge is -2.08. The van der Waals surface area contributed by atoms with Crippen molar-refractivity contribution < 1.29 is 19.8 Å². The number of rotatable bonds is 7. The van der Waals surface area contributed by atoms with Gasteiger partial charge in [0.15, 0.2) is 0 Å². The van der Waals surface area contributed by atoms with Gasteiger partial charge in [-0.25, -0.2) is 9.59 Å². The second kappa shape index (κ2) is 7.14. The number of carboxylic acids is 2. The van der Waals surface area contributed by atoms with Crippen molar-refractivity contribution in [2.45, 2.75) is 39.0 Å². The summed E-state index contributed by atoms with van der Waals surface area (Å²) in [7, 11) is 0. The zero-order valence-corrected chi connectivity index (χ0v) is 11.5. The summed E-state index contributed by atoms with van der Waals surface area (Å²) >= 11 is 6.01. The smallest absolute Gasteiger partial charge is 0.336 e. The summed E-state index contributed by atoms with van der Waals surface area (Å²) in [5.74, 6) is -2.53. The van der Waals surface area contributed by atoms with Crippen LogP contribution in [0.5, 0.6) is 0 Å². The van der Waals surface area contributed by atoms with Crippen molar-refractivity contribution in [3.05, 3.63) is 33.8 Å². The third-order valence-corrected chi connectivity index (χ3v) is 3.30. The Kier molecular flexibility index (Phi) is 5.83. The van der Waals surface area contributed by atoms with Crippen LogP contribution < -0.4 is 0 Å². The van der Waals surface area contributed by atoms with Gasteiger partial charge in [-0.05, 0) is 30.5 Å². The Balaban J connectivity index is 2.97. The zero-order chi connectivity index (χ0) is 14.4. The highest BCUT2D eigenvalue weighted by Gasteiger charge is 2.18. The number of aromatic carboxylic acids is 2. The maximum atomic E-state index is 11.1. The van der Waals surface area contributed by atoms with E-state index < -0.39 is 11.9 Å². The molecule has 2 N–H and O–H groups in total. The lowest BCUT2D eigenvalue weighted by Crippen LogP contribution is -2.09. The standard InChI is InChI=1S/C14H17ClO4/c1-2-3-4-5-6-9-7-10(13(16)17)11(14(18)19)8-12(9)15/h7-8H,2-6H2,1H3,(H,16,17)(H,18,19). The van der Waals surface area contributed by atoms with Gasteiger partial charge in [0.1, 0.15) is 0 Å². The first-order valence-electron chi connectivity index (χ1n) is 6.26. The first kappa shape index (κ1) is 15.5. The second-order valence-corrected chi connectivity index (χ2v) is 4.82. The maximum absolute atomic E-state index is 11.1. The fraction of sp³-hybridized carbons (Fsp3) is 0.429. The number of hydrogen-bond acceptors (Lipinski definition) is 2. The minimum atomic E-state index is -1.28. The second-order valence-electron chi connectivity index (χ2n) is 4.41. The van der Waals surface area contributed by atoms with E-state index in [1.165, 1.54) is 12.1 Å². The van der Waals surface area contributed by atoms with Crippen LogP contribution in [0.25, 0.3) is 0 Å². The monoisotopic (exact) mass is 284 g/mol. The van der Waals surface area contributed by atoms with E-state index in [9.17, 15) is 9.59 Å². The molecule has 5 heteroatoms. The van der Waals surface area contributed by atoms with E-state index in [2.05, 4.69) is 6.92 Å². The Morgan fingerprint density at radius 3 is 2.16 bits per heavy atom. The van der Waals surface area contributed by atoms with Gasteiger partial charge in [0.05, 0.1) is 11.1 Å². The van der Waals surface area contributed by atoms with Crippen molar-refractivity contribution in [2.75, 3.05) is 0 Å². The molecule has 0 aliphatic heterocycles. The number of aryl methyl sites for hydroxylation is 1. The van der Waals surface area contributed by atoms with Crippen LogP contribution in [0.15, 0.2) is 12.1 Å². The van der Waals surface area contributed by atoms with Crippen LogP contribution in [0.1, 0.15) is 58.9 Å². The van der Waals surface area contributed by atoms with E-state index in [1.54, 1.807) is 0 Å². The normalized spacial score (nSPS) is 10.4. The predicted octanol–water partition coefficient (Wildman–Crippen LogP) is 3.86. The van der Waals surface area contributed by atoms with Crippen molar-refractivity contribution in [3.8, 4) is 0 Å². The quantitative estimate of drug-likeness (QED) is 0.746. The van der Waals surface area contributed by atoms with Gasteiger partial charge in [-0.1, -0.05) is 37.8 Å². The molecule has 0 saturated heterocycles. The Labute approximate surface area is 117 Å². The fourth-order valence-corrected chi connectivity index (χ4v) is 2.16. The third kappa shape index (κ3) is 4.24. The van der Waals surface area contributed by atoms with Gasteiger partial charge < -0.3 is 10.2 Å². The molecule has 0 radical (unpaired) electrons. The third-order valence-electron chi connectivity index (χ3n) is 2.95. The number of hydrogen-bond donors (Lipinski definition) is 2. The molecule has 4 nitrogen and oxygen atoms in total. The molecule has 0 saturated carbocycles. The molecule has 0 aliphatic carbocycles. The van der Waals surface area contributed by atoms with Crippen LogP contribution in [0.3, 0.4) is 0 Å². The van der Waals surface area contributed by atoms with Crippen LogP contribution in [-0.2, 0) is 6.42 Å². The molecule has 1 rings (SSSR count). The molecule has 0 spiro atoms. The lowest BCUT2D eigenvalue weighted by atomic mass is 10.00. The highest BCUT2D eigenvalue weighted by Crippen LogP contribution is 2.24. The van der Waals surface area contributed by atoms with Gasteiger partial charge in [-0.3, -0.25) is 0 Å². The lowest BCUT2D eigenvalue weighted by molar-refractivity contribution is 0.0651. The first-order valence-corrected chi connectivity index (χ1v) is 6.64. The molecule has 0 atom stereocenters. The molecule has 0 aliphatic rings. The van der Waals surface area contributed by atoms with E-state index in [4.69, 9.17) is 21.8 Å². The minimum Gasteiger partial charge on any atom is -0.478 e. The van der Waals surface area contributed by atoms with Crippen LogP contribution in [0.4, 0.5) is 0 Å². The summed E-state index contributed by atoms with van der Waals surface area (Å²) in [5, 5.41) is 18.3. The van der Waals surface area contributed by atoms with Crippen LogP contribution in [-0.4, -0.2) is 22.2 Å². The zero-order valence-electron chi connectivity index (χ0n) is 10.8. The van der Waals surface area contributed by atoms with Gasteiger partial charge in [0, 0.05) is 5.02 Å². The predicted molar refractivity (Wildman–Crippen MR) is 73.2 cm³/mol. The molecule has 104 valence electrons. The molecule has 0 aromatic heterocycles. The van der Waals surface area contributed by atoms with E-state index in [-0.39, 0.29) is 11.1 Å². The molecular weight excluding hydrogens is 268 g/mol. The van der Waals surface area contributed by atoms with Gasteiger partial charge >= 0.3 is 11.9 Å². The van der Waals surface area contributed by atoms with Crippen molar-refractivity contribution >= 4 is 23.5 Å². The van der Waals surface area contributed by atoms with Gasteiger partial charge in [0.25, 0.3) is 0 Å². The molecule has 0 bridgehead atoms. The SMILES string of the molecule is CCCCCCc1cc(C(=O)O)c(C(=O)O)cc1Cl. The van der Waals surface area contributed by atoms with Crippen molar-refractivity contribution in [3.63, 3.8) is 0 Å². The largest absolute Gasteiger partial charge is 0.478 e. The molecule has 0 fully saturated rings. The van der Waals surface area contributed by atoms with Crippen molar-refractivity contribution in [1.29, 1.82) is 0 Å². The molecule has 0 amide bonds. The maximum Gasteiger partial charge on any atom is 0.336 e. The van der Waals surface area contributed by atoms with Crippen LogP contribution >= 0.6 is 11.6 Å². The summed E-state index contributed by atoms with van der Waals surface area (Å²) < 4.78 is 0. The molecule has 1 aromatic rings. The number of carbonyl (C=O) groups is 2. The Morgan fingerprint density at radius 1 is 1.05 bits per heavy atom. The Morgan fingerprint density at radius 2 is 1.63 bits per heavy atom. The Bertz CT molecular complexity index is 483. The average Bonchev–Trinajstić information content (AvgIpc) is 2.35. The average molecular weight is 285 g/mol. The van der Waals surface area contributed by atoms with Crippen LogP contribution in [0, 0.1) is 0 Å². The Hall–Kier alpha value is -1.55. The highest BCUT2D eigenvalue weighted by molar-refractivity contribution is 6.32. The molecular formula is C14H17ClO4. The summed E-state index contributed by atoms with van der Waals surface area (Å²) in [5.41, 5.74) is 0.220. The summed E-state index contributed by atoms with van der Waals surface area (Å²) in [4.78, 5) is 22.0. The van der Waals surface area contributed by atoms with E-state index in [1.807, 2.05) is 0 Å². The summed E-state index contributed by atoms with van der Waals surface area (Å²) in [6.07, 6.45) is 4.87. The van der Waals surface area contributed by atoms with E-state index >= 15 is 0 Å². The number of unbranched alkanes of at least 4 members (excludes halogenated alkanes) is 3. The summed E-state index contributed by atoms with van der Waals surface area (Å²) in [6.45, 7) is 2.11. The number of halogens is 1. The van der Waals surface area contributed by atoms with Crippen LogP contribution in [0.2, 0.25) is 5.02 Å². The fourth-order valence-electron chi connectivity index (χ4n) is 1.91. The number of benzene rings is 1.